The van der Waals surface area contributed by atoms with Gasteiger partial charge in [-0.25, -0.2) is 0 Å². The number of rotatable bonds is 2. The summed E-state index contributed by atoms with van der Waals surface area (Å²) in [5.41, 5.74) is 2.30. The third-order valence-corrected chi connectivity index (χ3v) is 1.93. The van der Waals surface area contributed by atoms with E-state index in [0.29, 0.717) is 6.61 Å². The van der Waals surface area contributed by atoms with Crippen molar-refractivity contribution in [3.8, 4) is 0 Å². The predicted molar refractivity (Wildman–Crippen MR) is 48.4 cm³/mol. The van der Waals surface area contributed by atoms with E-state index in [1.54, 1.807) is 0 Å². The van der Waals surface area contributed by atoms with E-state index in [0.717, 1.165) is 11.1 Å². The Labute approximate surface area is 71.2 Å². The van der Waals surface area contributed by atoms with Gasteiger partial charge in [0.1, 0.15) is 0 Å². The average molecular weight is 160 g/mol. The minimum atomic E-state index is 0.560. The molecule has 2 nitrogen and oxygen atoms in total. The maximum absolute atomic E-state index is 4.82. The summed E-state index contributed by atoms with van der Waals surface area (Å²) in [6, 6.07) is 8.14. The fourth-order valence-corrected chi connectivity index (χ4v) is 1.36. The number of para-hydroxylation sites is 1. The fourth-order valence-electron chi connectivity index (χ4n) is 1.36. The van der Waals surface area contributed by atoms with Crippen LogP contribution in [0.15, 0.2) is 30.5 Å². The molecule has 2 rings (SSSR count). The van der Waals surface area contributed by atoms with E-state index in [-0.39, 0.29) is 0 Å². The van der Waals surface area contributed by atoms with Crippen LogP contribution in [0.5, 0.6) is 0 Å². The molecule has 1 N–H and O–H groups in total. The molecule has 0 aliphatic heterocycles. The van der Waals surface area contributed by atoms with Crippen LogP contribution in [0, 0.1) is 7.11 Å². The average Bonchev–Trinajstić information content (AvgIpc) is 2.50. The lowest BCUT2D eigenvalue weighted by molar-refractivity contribution is 0.230. The monoisotopic (exact) mass is 160 g/mol. The van der Waals surface area contributed by atoms with Gasteiger partial charge in [-0.15, -0.1) is 0 Å². The van der Waals surface area contributed by atoms with Crippen LogP contribution in [-0.4, -0.2) is 4.98 Å². The van der Waals surface area contributed by atoms with E-state index in [1.165, 1.54) is 5.39 Å². The van der Waals surface area contributed by atoms with Crippen molar-refractivity contribution in [3.05, 3.63) is 43.1 Å². The highest BCUT2D eigenvalue weighted by Gasteiger charge is 2.00. The summed E-state index contributed by atoms with van der Waals surface area (Å²) in [5.74, 6) is 0. The van der Waals surface area contributed by atoms with E-state index in [4.69, 9.17) is 4.74 Å². The summed E-state index contributed by atoms with van der Waals surface area (Å²) < 4.78 is 4.82. The number of benzene rings is 1. The minimum Gasteiger partial charge on any atom is -0.374 e. The van der Waals surface area contributed by atoms with Crippen LogP contribution in [0.4, 0.5) is 0 Å². The zero-order valence-electron chi connectivity index (χ0n) is 6.71. The standard InChI is InChI=1S/C10H10NO/c1-12-7-8-6-11-10-5-3-2-4-9(8)10/h2-6,11H,1,7H2. The highest BCUT2D eigenvalue weighted by atomic mass is 16.5. The second-order valence-electron chi connectivity index (χ2n) is 2.71. The van der Waals surface area contributed by atoms with E-state index < -0.39 is 0 Å². The molecule has 0 spiro atoms. The molecule has 0 bridgehead atoms. The van der Waals surface area contributed by atoms with E-state index >= 15 is 0 Å². The second-order valence-corrected chi connectivity index (χ2v) is 2.71. The molecule has 61 valence electrons. The zero-order valence-corrected chi connectivity index (χ0v) is 6.71. The van der Waals surface area contributed by atoms with Crippen molar-refractivity contribution in [1.29, 1.82) is 0 Å². The fraction of sp³-hybridized carbons (Fsp3) is 0.100. The Balaban J connectivity index is 2.55. The molecule has 1 aromatic heterocycles. The smallest absolute Gasteiger partial charge is 0.0738 e. The first kappa shape index (κ1) is 7.37. The largest absolute Gasteiger partial charge is 0.374 e. The normalized spacial score (nSPS) is 10.8. The van der Waals surface area contributed by atoms with Crippen molar-refractivity contribution in [1.82, 2.24) is 4.98 Å². The van der Waals surface area contributed by atoms with Crippen LogP contribution < -0.4 is 0 Å². The molecule has 0 saturated heterocycles. The summed E-state index contributed by atoms with van der Waals surface area (Å²) in [4.78, 5) is 3.17. The lowest BCUT2D eigenvalue weighted by Gasteiger charge is -1.94. The maximum atomic E-state index is 4.82. The Morgan fingerprint density at radius 1 is 1.33 bits per heavy atom. The molecule has 1 radical (unpaired) electrons. The van der Waals surface area contributed by atoms with Gasteiger partial charge in [0.2, 0.25) is 0 Å². The van der Waals surface area contributed by atoms with Gasteiger partial charge >= 0.3 is 0 Å². The number of nitrogens with one attached hydrogen (secondary N) is 1. The van der Waals surface area contributed by atoms with Gasteiger partial charge in [-0.1, -0.05) is 18.2 Å². The van der Waals surface area contributed by atoms with Gasteiger partial charge in [0.25, 0.3) is 0 Å². The third kappa shape index (κ3) is 1.10. The Kier molecular flexibility index (Phi) is 1.84. The first-order valence-corrected chi connectivity index (χ1v) is 3.84. The van der Waals surface area contributed by atoms with Gasteiger partial charge in [0.05, 0.1) is 13.7 Å². The Morgan fingerprint density at radius 3 is 3.00 bits per heavy atom. The van der Waals surface area contributed by atoms with Crippen LogP contribution in [0.3, 0.4) is 0 Å². The highest BCUT2D eigenvalue weighted by Crippen LogP contribution is 2.17. The van der Waals surface area contributed by atoms with Crippen molar-refractivity contribution in [3.63, 3.8) is 0 Å². The molecule has 0 aliphatic rings. The Morgan fingerprint density at radius 2 is 2.17 bits per heavy atom. The molecular weight excluding hydrogens is 150 g/mol. The first-order valence-electron chi connectivity index (χ1n) is 3.84. The van der Waals surface area contributed by atoms with Crippen molar-refractivity contribution >= 4 is 10.9 Å². The Bertz CT molecular complexity index is 378. The second kappa shape index (κ2) is 2.99. The molecule has 0 amide bonds. The molecule has 0 fully saturated rings. The van der Waals surface area contributed by atoms with Gasteiger partial charge in [-0.3, -0.25) is 0 Å². The molecule has 2 aromatic rings. The first-order chi connectivity index (χ1) is 5.92. The molecule has 0 aliphatic carbocycles. The van der Waals surface area contributed by atoms with Gasteiger partial charge in [0.15, 0.2) is 0 Å². The van der Waals surface area contributed by atoms with E-state index in [1.807, 2.05) is 24.4 Å². The molecule has 1 aromatic carbocycles. The van der Waals surface area contributed by atoms with E-state index in [2.05, 4.69) is 18.2 Å². The molecule has 12 heavy (non-hydrogen) atoms. The number of H-pyrrole nitrogens is 1. The van der Waals surface area contributed by atoms with Crippen LogP contribution in [0.1, 0.15) is 5.56 Å². The van der Waals surface area contributed by atoms with Crippen LogP contribution in [0.25, 0.3) is 10.9 Å². The summed E-state index contributed by atoms with van der Waals surface area (Å²) in [7, 11) is 3.35. The van der Waals surface area contributed by atoms with Crippen molar-refractivity contribution < 1.29 is 4.74 Å². The van der Waals surface area contributed by atoms with E-state index in [9.17, 15) is 0 Å². The Hall–Kier alpha value is -1.28. The van der Waals surface area contributed by atoms with Crippen LogP contribution in [0.2, 0.25) is 0 Å². The van der Waals surface area contributed by atoms with Gasteiger partial charge in [0, 0.05) is 22.7 Å². The lowest BCUT2D eigenvalue weighted by atomic mass is 10.2. The van der Waals surface area contributed by atoms with Gasteiger partial charge in [-0.05, 0) is 6.07 Å². The lowest BCUT2D eigenvalue weighted by Crippen LogP contribution is -1.81. The summed E-state index contributed by atoms with van der Waals surface area (Å²) >= 11 is 0. The van der Waals surface area contributed by atoms with Gasteiger partial charge in [-0.2, -0.15) is 0 Å². The highest BCUT2D eigenvalue weighted by molar-refractivity contribution is 5.82. The SMILES string of the molecule is [CH2]OCc1c[nH]c2ccccc12. The quantitative estimate of drug-likeness (QED) is 0.717. The summed E-state index contributed by atoms with van der Waals surface area (Å²) in [6.07, 6.45) is 1.95. The molecule has 0 unspecified atom stereocenters. The number of ether oxygens (including phenoxy) is 1. The van der Waals surface area contributed by atoms with Crippen LogP contribution >= 0.6 is 0 Å². The van der Waals surface area contributed by atoms with Crippen LogP contribution in [-0.2, 0) is 11.3 Å². The number of aromatic nitrogens is 1. The summed E-state index contributed by atoms with van der Waals surface area (Å²) in [5, 5.41) is 1.21. The molecule has 0 atom stereocenters. The molecule has 2 heteroatoms. The predicted octanol–water partition coefficient (Wildman–Crippen LogP) is 2.48. The zero-order chi connectivity index (χ0) is 8.39. The molecular formula is C10H10NO. The molecule has 0 saturated carbocycles. The van der Waals surface area contributed by atoms with Crippen molar-refractivity contribution in [2.75, 3.05) is 0 Å². The number of hydrogen-bond donors (Lipinski definition) is 1. The van der Waals surface area contributed by atoms with Crippen molar-refractivity contribution in [2.24, 2.45) is 0 Å². The topological polar surface area (TPSA) is 25.0 Å². The maximum Gasteiger partial charge on any atom is 0.0738 e. The third-order valence-electron chi connectivity index (χ3n) is 1.93. The van der Waals surface area contributed by atoms with Gasteiger partial charge < -0.3 is 9.72 Å². The number of hydrogen-bond acceptors (Lipinski definition) is 1. The van der Waals surface area contributed by atoms with Crippen molar-refractivity contribution in [2.45, 2.75) is 6.61 Å². The molecule has 1 heterocycles. The number of fused-ring (bicyclic) bond motifs is 1. The number of aromatic amines is 1. The minimum absolute atomic E-state index is 0.560. The summed E-state index contributed by atoms with van der Waals surface area (Å²) in [6.45, 7) is 0.560.